The molecule has 1 aromatic rings. The Bertz CT molecular complexity index is 611. The van der Waals surface area contributed by atoms with Gasteiger partial charge in [0.2, 0.25) is 0 Å². The molecule has 146 valence electrons. The first-order valence-corrected chi connectivity index (χ1v) is 11.0. The van der Waals surface area contributed by atoms with Crippen LogP contribution in [0.25, 0.3) is 0 Å². The van der Waals surface area contributed by atoms with Crippen LogP contribution in [-0.2, 0) is 4.74 Å². The number of allylic oxidation sites excluding steroid dienone is 1. The molecule has 3 rings (SSSR count). The van der Waals surface area contributed by atoms with Gasteiger partial charge in [0.25, 0.3) is 0 Å². The predicted molar refractivity (Wildman–Crippen MR) is 112 cm³/mol. The minimum atomic E-state index is 0.705. The Morgan fingerprint density at radius 1 is 0.963 bits per heavy atom. The first kappa shape index (κ1) is 20.2. The third-order valence-corrected chi connectivity index (χ3v) is 6.74. The molecular formula is C25H35NO. The summed E-state index contributed by atoms with van der Waals surface area (Å²) in [6, 6.07) is 10.5. The van der Waals surface area contributed by atoms with E-state index in [1.165, 1.54) is 56.9 Å². The molecule has 0 unspecified atom stereocenters. The first-order chi connectivity index (χ1) is 13.3. The largest absolute Gasteiger partial charge is 0.377 e. The summed E-state index contributed by atoms with van der Waals surface area (Å²) in [5, 5.41) is 8.96. The molecule has 2 aliphatic rings. The third-order valence-electron chi connectivity index (χ3n) is 6.74. The Labute approximate surface area is 165 Å². The van der Waals surface area contributed by atoms with E-state index in [1.807, 2.05) is 12.1 Å². The quantitative estimate of drug-likeness (QED) is 0.402. The van der Waals surface area contributed by atoms with Crippen LogP contribution in [0.2, 0.25) is 0 Å². The summed E-state index contributed by atoms with van der Waals surface area (Å²) in [6.45, 7) is 3.82. The number of hydrogen-bond acceptors (Lipinski definition) is 2. The Balaban J connectivity index is 1.38. The van der Waals surface area contributed by atoms with E-state index in [0.717, 1.165) is 43.0 Å². The van der Waals surface area contributed by atoms with Crippen molar-refractivity contribution in [1.82, 2.24) is 0 Å². The van der Waals surface area contributed by atoms with E-state index < -0.39 is 0 Å². The highest BCUT2D eigenvalue weighted by Crippen LogP contribution is 2.44. The number of benzene rings is 1. The lowest BCUT2D eigenvalue weighted by atomic mass is 9.68. The lowest BCUT2D eigenvalue weighted by Gasteiger charge is -2.37. The Morgan fingerprint density at radius 2 is 1.59 bits per heavy atom. The second-order valence-electron chi connectivity index (χ2n) is 8.52. The van der Waals surface area contributed by atoms with E-state index in [0.29, 0.717) is 5.92 Å². The molecule has 0 N–H and O–H groups in total. The molecule has 0 saturated heterocycles. The van der Waals surface area contributed by atoms with Crippen molar-refractivity contribution in [1.29, 1.82) is 5.26 Å². The van der Waals surface area contributed by atoms with Crippen LogP contribution in [0.3, 0.4) is 0 Å². The zero-order chi connectivity index (χ0) is 18.9. The maximum atomic E-state index is 8.96. The Kier molecular flexibility index (Phi) is 7.96. The summed E-state index contributed by atoms with van der Waals surface area (Å²) in [4.78, 5) is 0. The van der Waals surface area contributed by atoms with Gasteiger partial charge in [-0.1, -0.05) is 31.2 Å². The van der Waals surface area contributed by atoms with Gasteiger partial charge in [-0.3, -0.25) is 0 Å². The van der Waals surface area contributed by atoms with E-state index in [2.05, 4.69) is 37.3 Å². The van der Waals surface area contributed by atoms with Crippen molar-refractivity contribution in [3.8, 4) is 6.07 Å². The first-order valence-electron chi connectivity index (χ1n) is 11.0. The summed E-state index contributed by atoms with van der Waals surface area (Å²) in [6.07, 6.45) is 16.7. The molecule has 0 aliphatic heterocycles. The minimum absolute atomic E-state index is 0.705. The van der Waals surface area contributed by atoms with Gasteiger partial charge >= 0.3 is 0 Å². The van der Waals surface area contributed by atoms with Gasteiger partial charge in [0, 0.05) is 6.61 Å². The van der Waals surface area contributed by atoms with Crippen LogP contribution in [0.5, 0.6) is 0 Å². The highest BCUT2D eigenvalue weighted by molar-refractivity contribution is 5.33. The van der Waals surface area contributed by atoms with Crippen LogP contribution in [0.15, 0.2) is 36.4 Å². The number of nitriles is 1. The van der Waals surface area contributed by atoms with Gasteiger partial charge in [-0.25, -0.2) is 0 Å². The number of ether oxygens (including phenoxy) is 1. The highest BCUT2D eigenvalue weighted by Gasteiger charge is 2.30. The molecule has 0 amide bonds. The van der Waals surface area contributed by atoms with Gasteiger partial charge in [-0.05, 0) is 99.2 Å². The monoisotopic (exact) mass is 365 g/mol. The van der Waals surface area contributed by atoms with Gasteiger partial charge in [0.15, 0.2) is 0 Å². The van der Waals surface area contributed by atoms with Crippen molar-refractivity contribution < 1.29 is 4.74 Å². The zero-order valence-electron chi connectivity index (χ0n) is 16.9. The average Bonchev–Trinajstić information content (AvgIpc) is 2.74. The van der Waals surface area contributed by atoms with Crippen molar-refractivity contribution in [3.05, 3.63) is 47.5 Å². The summed E-state index contributed by atoms with van der Waals surface area (Å²) < 4.78 is 5.55. The molecule has 1 aromatic carbocycles. The van der Waals surface area contributed by atoms with Gasteiger partial charge in [-0.15, -0.1) is 0 Å². The number of nitrogens with zero attached hydrogens (tertiary/aromatic N) is 1. The fraction of sp³-hybridized carbons (Fsp3) is 0.640. The van der Waals surface area contributed by atoms with E-state index in [1.54, 1.807) is 0 Å². The van der Waals surface area contributed by atoms with Crippen molar-refractivity contribution in [2.45, 2.75) is 70.6 Å². The molecule has 0 heterocycles. The lowest BCUT2D eigenvalue weighted by Crippen LogP contribution is -2.25. The molecule has 0 atom stereocenters. The van der Waals surface area contributed by atoms with Crippen molar-refractivity contribution in [3.63, 3.8) is 0 Å². The molecule has 0 bridgehead atoms. The van der Waals surface area contributed by atoms with Crippen LogP contribution in [0, 0.1) is 29.1 Å². The summed E-state index contributed by atoms with van der Waals surface area (Å²) in [7, 11) is 0. The molecule has 2 aliphatic carbocycles. The number of hydrogen-bond donors (Lipinski definition) is 0. The van der Waals surface area contributed by atoms with Gasteiger partial charge in [0.05, 0.1) is 18.2 Å². The smallest absolute Gasteiger partial charge is 0.0991 e. The molecular weight excluding hydrogens is 330 g/mol. The molecule has 27 heavy (non-hydrogen) atoms. The fourth-order valence-corrected chi connectivity index (χ4v) is 5.11. The average molecular weight is 366 g/mol. The van der Waals surface area contributed by atoms with E-state index in [-0.39, 0.29) is 0 Å². The van der Waals surface area contributed by atoms with Gasteiger partial charge in [-0.2, -0.15) is 5.26 Å². The molecule has 0 radical (unpaired) electrons. The maximum absolute atomic E-state index is 8.96. The molecule has 2 saturated carbocycles. The normalized spacial score (nSPS) is 28.9. The molecule has 0 spiro atoms. The fourth-order valence-electron chi connectivity index (χ4n) is 5.11. The van der Waals surface area contributed by atoms with Crippen LogP contribution in [-0.4, -0.2) is 13.2 Å². The van der Waals surface area contributed by atoms with Crippen LogP contribution in [0.1, 0.15) is 81.8 Å². The summed E-state index contributed by atoms with van der Waals surface area (Å²) in [5.74, 6) is 3.38. The standard InChI is InChI=1S/C25H35NO/c1-2-17-27-18-3-4-20-5-9-22(10-6-20)24-13-15-25(16-14-24)23-11-7-21(19-26)8-12-23/h3-4,7-8,11-12,20,22,24-25H,2,5-6,9-10,13-18H2,1H3/t20-,22-,24-,25-. The highest BCUT2D eigenvalue weighted by atomic mass is 16.5. The molecule has 0 aromatic heterocycles. The maximum Gasteiger partial charge on any atom is 0.0991 e. The Hall–Kier alpha value is -1.59. The molecule has 2 fully saturated rings. The van der Waals surface area contributed by atoms with Crippen LogP contribution < -0.4 is 0 Å². The van der Waals surface area contributed by atoms with Crippen LogP contribution in [0.4, 0.5) is 0 Å². The third kappa shape index (κ3) is 5.94. The van der Waals surface area contributed by atoms with E-state index in [4.69, 9.17) is 10.00 Å². The van der Waals surface area contributed by atoms with Crippen LogP contribution >= 0.6 is 0 Å². The summed E-state index contributed by atoms with van der Waals surface area (Å²) in [5.41, 5.74) is 2.21. The Morgan fingerprint density at radius 3 is 2.19 bits per heavy atom. The topological polar surface area (TPSA) is 33.0 Å². The van der Waals surface area contributed by atoms with E-state index >= 15 is 0 Å². The van der Waals surface area contributed by atoms with Crippen molar-refractivity contribution in [2.24, 2.45) is 17.8 Å². The lowest BCUT2D eigenvalue weighted by molar-refractivity contribution is 0.160. The number of rotatable bonds is 7. The second-order valence-corrected chi connectivity index (χ2v) is 8.52. The predicted octanol–water partition coefficient (Wildman–Crippen LogP) is 6.62. The SMILES string of the molecule is CCCOCC=C[C@H]1CC[C@H]([C@H]2CC[C@H](c3ccc(C#N)cc3)CC2)CC1. The zero-order valence-corrected chi connectivity index (χ0v) is 16.9. The summed E-state index contributed by atoms with van der Waals surface area (Å²) >= 11 is 0. The van der Waals surface area contributed by atoms with Crippen molar-refractivity contribution >= 4 is 0 Å². The van der Waals surface area contributed by atoms with Gasteiger partial charge in [0.1, 0.15) is 0 Å². The molecule has 2 nitrogen and oxygen atoms in total. The van der Waals surface area contributed by atoms with E-state index in [9.17, 15) is 0 Å². The van der Waals surface area contributed by atoms with Crippen molar-refractivity contribution in [2.75, 3.05) is 13.2 Å². The molecule has 2 heteroatoms. The minimum Gasteiger partial charge on any atom is -0.377 e. The van der Waals surface area contributed by atoms with Gasteiger partial charge < -0.3 is 4.74 Å². The second kappa shape index (κ2) is 10.7.